The Morgan fingerprint density at radius 1 is 0.747 bits per heavy atom. The van der Waals surface area contributed by atoms with Gasteiger partial charge in [0.05, 0.1) is 42.3 Å². The number of primary amides is 1. The van der Waals surface area contributed by atoms with Crippen LogP contribution in [0.1, 0.15) is 129 Å². The standard InChI is InChI=1S/C50H80N8O16S/c1-5-25(2)20-26(3)12-10-8-6-7-9-11-13-37(66)52-31-22-35(64)48(75)56-47(72)41-33(62)18-19-57(41)50(74)39(34(63)23-36(51)65)54-46(71)40(43(68)42(67)28-14-16-29(60)17-15-28)55-45(70)32-21-30(61)24-58(32)49(73)38(27(4)59)53-44(31)69/h14-17,25-27,30-35,38-43,48,59-64,67-68,75H,5-13,18-24H2,1-4H3,(H2,51,65)(H,52,66)(H,53,69)(H,54,71)(H,55,70)(H,56,72)/t25?,26?,27-,30-,31?,32?,33+,34-,35-,38?,39?,40+,41+,42+,43+,48?/m1/s1. The summed E-state index contributed by atoms with van der Waals surface area (Å²) in [4.78, 5) is 113. The van der Waals surface area contributed by atoms with Gasteiger partial charge >= 0.3 is 0 Å². The molecule has 3 aliphatic heterocycles. The summed E-state index contributed by atoms with van der Waals surface area (Å²) in [6.45, 7) is 6.89. The van der Waals surface area contributed by atoms with Gasteiger partial charge in [-0.25, -0.2) is 0 Å². The molecule has 15 N–H and O–H groups in total. The second kappa shape index (κ2) is 29.4. The van der Waals surface area contributed by atoms with Crippen molar-refractivity contribution in [3.05, 3.63) is 29.8 Å². The van der Waals surface area contributed by atoms with E-state index in [2.05, 4.69) is 60.0 Å². The number of amides is 8. The minimum Gasteiger partial charge on any atom is -0.508 e. The van der Waals surface area contributed by atoms with Gasteiger partial charge < -0.3 is 83.0 Å². The minimum absolute atomic E-state index is 0.0361. The molecule has 16 atom stereocenters. The van der Waals surface area contributed by atoms with Gasteiger partial charge in [0.25, 0.3) is 0 Å². The third kappa shape index (κ3) is 18.0. The van der Waals surface area contributed by atoms with Crippen molar-refractivity contribution in [1.29, 1.82) is 0 Å². The number of nitrogens with one attached hydrogen (secondary N) is 5. The van der Waals surface area contributed by atoms with E-state index in [0.717, 1.165) is 67.4 Å². The minimum atomic E-state index is -2.34. The van der Waals surface area contributed by atoms with Crippen LogP contribution in [-0.4, -0.2) is 189 Å². The van der Waals surface area contributed by atoms with Crippen molar-refractivity contribution < 1.29 is 79.2 Å². The molecule has 0 aromatic heterocycles. The van der Waals surface area contributed by atoms with Crippen LogP contribution >= 0.6 is 12.6 Å². The topological polar surface area (TPSA) is 391 Å². The fourth-order valence-corrected chi connectivity index (χ4v) is 10.0. The predicted octanol–water partition coefficient (Wildman–Crippen LogP) is -2.40. The van der Waals surface area contributed by atoms with Gasteiger partial charge in [-0.1, -0.05) is 77.8 Å². The summed E-state index contributed by atoms with van der Waals surface area (Å²) in [7, 11) is 0. The Hall–Kier alpha value is -5.15. The molecule has 0 spiro atoms. The van der Waals surface area contributed by atoms with E-state index in [1.54, 1.807) is 0 Å². The number of thiol groups is 1. The molecule has 3 fully saturated rings. The lowest BCUT2D eigenvalue weighted by atomic mass is 9.91. The van der Waals surface area contributed by atoms with Crippen molar-refractivity contribution in [3.63, 3.8) is 0 Å². The highest BCUT2D eigenvalue weighted by molar-refractivity contribution is 7.81. The smallest absolute Gasteiger partial charge is 0.248 e. The van der Waals surface area contributed by atoms with Gasteiger partial charge in [-0.2, -0.15) is 12.6 Å². The first-order valence-corrected chi connectivity index (χ1v) is 26.5. The highest BCUT2D eigenvalue weighted by Crippen LogP contribution is 2.27. The SMILES string of the molecule is CCC(C)CC(C)CCCCCCCCC(=O)NC1C[C@@H](O)C(S)NC(=O)[C@@H]2[C@@H](O)CCN2C(=O)C([C@H](O)CC(N)=O)NC(=O)[C@H]([C@H](O)[C@@H](O)c2ccc(O)cc2)NC(=O)C2C[C@@H](O)CN2C(=O)C([C@@H](C)O)NC1=O. The van der Waals surface area contributed by atoms with E-state index >= 15 is 0 Å². The van der Waals surface area contributed by atoms with Crippen LogP contribution in [0, 0.1) is 11.8 Å². The lowest BCUT2D eigenvalue weighted by Gasteiger charge is -2.34. The highest BCUT2D eigenvalue weighted by atomic mass is 32.1. The Labute approximate surface area is 442 Å². The van der Waals surface area contributed by atoms with E-state index in [0.29, 0.717) is 24.7 Å². The fourth-order valence-electron chi connectivity index (χ4n) is 9.79. The second-order valence-electron chi connectivity index (χ2n) is 20.6. The molecule has 1 aromatic carbocycles. The first-order chi connectivity index (χ1) is 35.3. The van der Waals surface area contributed by atoms with Gasteiger partial charge in [0.2, 0.25) is 47.3 Å². The zero-order chi connectivity index (χ0) is 55.8. The number of aromatic hydroxyl groups is 1. The molecule has 75 heavy (non-hydrogen) atoms. The molecule has 8 amide bonds. The maximum atomic E-state index is 14.4. The molecule has 0 radical (unpaired) electrons. The number of aliphatic hydroxyl groups is 7. The van der Waals surface area contributed by atoms with Gasteiger partial charge in [0.1, 0.15) is 54.2 Å². The number of hydrogen-bond donors (Lipinski definition) is 15. The van der Waals surface area contributed by atoms with Crippen molar-refractivity contribution >= 4 is 59.9 Å². The number of fused-ring (bicyclic) bond motifs is 2. The summed E-state index contributed by atoms with van der Waals surface area (Å²) in [6.07, 6.45) is -6.89. The largest absolute Gasteiger partial charge is 0.508 e. The predicted molar refractivity (Wildman–Crippen MR) is 272 cm³/mol. The lowest BCUT2D eigenvalue weighted by molar-refractivity contribution is -0.148. The van der Waals surface area contributed by atoms with Gasteiger partial charge in [-0.3, -0.25) is 38.4 Å². The molecule has 25 heteroatoms. The van der Waals surface area contributed by atoms with Crippen LogP contribution in [0.25, 0.3) is 0 Å². The number of carbonyl (C=O) groups is 8. The molecule has 7 unspecified atom stereocenters. The number of benzene rings is 1. The van der Waals surface area contributed by atoms with Crippen LogP contribution in [-0.2, 0) is 38.4 Å². The number of nitrogens with zero attached hydrogens (tertiary/aromatic N) is 2. The zero-order valence-electron chi connectivity index (χ0n) is 43.1. The quantitative estimate of drug-likeness (QED) is 0.0478. The number of nitrogens with two attached hydrogens (primary N) is 1. The Morgan fingerprint density at radius 3 is 1.97 bits per heavy atom. The molecule has 1 aromatic rings. The molecule has 3 aliphatic rings. The number of rotatable bonds is 20. The van der Waals surface area contributed by atoms with Crippen LogP contribution in [0.15, 0.2) is 24.3 Å². The van der Waals surface area contributed by atoms with Crippen LogP contribution in [0.5, 0.6) is 5.75 Å². The zero-order valence-corrected chi connectivity index (χ0v) is 44.0. The molecule has 422 valence electrons. The first kappa shape index (κ1) is 62.4. The maximum Gasteiger partial charge on any atom is 0.248 e. The number of unbranched alkanes of at least 4 members (excludes halogenated alkanes) is 5. The van der Waals surface area contributed by atoms with Gasteiger partial charge in [-0.15, -0.1) is 0 Å². The molecule has 3 saturated heterocycles. The average Bonchev–Trinajstić information content (AvgIpc) is 3.95. The third-order valence-electron chi connectivity index (χ3n) is 14.3. The van der Waals surface area contributed by atoms with Crippen LogP contribution < -0.4 is 32.3 Å². The van der Waals surface area contributed by atoms with Crippen LogP contribution in [0.3, 0.4) is 0 Å². The van der Waals surface area contributed by atoms with E-state index in [-0.39, 0.29) is 30.7 Å². The summed E-state index contributed by atoms with van der Waals surface area (Å²) in [5, 5.41) is 98.5. The Kier molecular flexibility index (Phi) is 24.4. The Morgan fingerprint density at radius 2 is 1.35 bits per heavy atom. The second-order valence-corrected chi connectivity index (χ2v) is 21.1. The average molecular weight is 1080 g/mol. The van der Waals surface area contributed by atoms with Crippen molar-refractivity contribution in [2.75, 3.05) is 13.1 Å². The number of phenolic OH excluding ortho intramolecular Hbond substituents is 1. The van der Waals surface area contributed by atoms with E-state index in [9.17, 15) is 79.2 Å². The van der Waals surface area contributed by atoms with Crippen LogP contribution in [0.4, 0.5) is 0 Å². The van der Waals surface area contributed by atoms with E-state index in [4.69, 9.17) is 5.73 Å². The monoisotopic (exact) mass is 1080 g/mol. The number of hydrogen-bond acceptors (Lipinski definition) is 17. The van der Waals surface area contributed by atoms with Crippen molar-refractivity contribution in [2.45, 2.75) is 202 Å². The third-order valence-corrected chi connectivity index (χ3v) is 14.8. The molecule has 0 bridgehead atoms. The summed E-state index contributed by atoms with van der Waals surface area (Å²) < 4.78 is 0. The van der Waals surface area contributed by atoms with Crippen molar-refractivity contribution in [1.82, 2.24) is 36.4 Å². The van der Waals surface area contributed by atoms with Crippen molar-refractivity contribution in [3.8, 4) is 5.75 Å². The Bertz CT molecular complexity index is 2110. The number of phenols is 1. The molecular weight excluding hydrogens is 1000 g/mol. The van der Waals surface area contributed by atoms with Gasteiger partial charge in [0.15, 0.2) is 0 Å². The Balaban J connectivity index is 1.69. The van der Waals surface area contributed by atoms with E-state index < -0.39 is 157 Å². The van der Waals surface area contributed by atoms with Gasteiger partial charge in [-0.05, 0) is 55.7 Å². The number of aliphatic hydroxyl groups excluding tert-OH is 7. The molecule has 3 heterocycles. The van der Waals surface area contributed by atoms with E-state index in [1.807, 2.05) is 0 Å². The lowest BCUT2D eigenvalue weighted by Crippen LogP contribution is -2.64. The fraction of sp³-hybridized carbons (Fsp3) is 0.720. The van der Waals surface area contributed by atoms with Gasteiger partial charge in [0, 0.05) is 32.4 Å². The van der Waals surface area contributed by atoms with Crippen molar-refractivity contribution in [2.24, 2.45) is 17.6 Å². The summed E-state index contributed by atoms with van der Waals surface area (Å²) in [5.41, 5.74) is 5.24. The number of carbonyl (C=O) groups excluding carboxylic acids is 8. The molecule has 0 saturated carbocycles. The normalized spacial score (nSPS) is 29.0. The maximum absolute atomic E-state index is 14.4. The summed E-state index contributed by atoms with van der Waals surface area (Å²) in [6, 6.07) is -6.97. The first-order valence-electron chi connectivity index (χ1n) is 26.0. The molecule has 4 rings (SSSR count). The molecule has 0 aliphatic carbocycles. The van der Waals surface area contributed by atoms with E-state index in [1.165, 1.54) is 18.6 Å². The summed E-state index contributed by atoms with van der Waals surface area (Å²) in [5.74, 6) is -8.09. The molecule has 24 nitrogen and oxygen atoms in total. The van der Waals surface area contributed by atoms with Crippen LogP contribution in [0.2, 0.25) is 0 Å². The molecular formula is C50H80N8O16S. The summed E-state index contributed by atoms with van der Waals surface area (Å²) >= 11 is 4.33. The highest BCUT2D eigenvalue weighted by Gasteiger charge is 2.49.